The molecule has 6 nitrogen and oxygen atoms in total. The second kappa shape index (κ2) is 7.50. The van der Waals surface area contributed by atoms with E-state index in [9.17, 15) is 22.8 Å². The normalized spacial score (nSPS) is 11.6. The molecule has 0 saturated heterocycles. The third-order valence-electron chi connectivity index (χ3n) is 4.39. The molecule has 0 fully saturated rings. The molecule has 0 spiro atoms. The first-order valence-electron chi connectivity index (χ1n) is 8.72. The Morgan fingerprint density at radius 2 is 1.79 bits per heavy atom. The second-order valence-electron chi connectivity index (χ2n) is 6.40. The van der Waals surface area contributed by atoms with E-state index in [0.29, 0.717) is 29.3 Å². The number of ether oxygens (including phenoxy) is 1. The van der Waals surface area contributed by atoms with Crippen LogP contribution in [0.3, 0.4) is 0 Å². The van der Waals surface area contributed by atoms with Gasteiger partial charge in [0.25, 0.3) is 0 Å². The number of rotatable bonds is 5. The van der Waals surface area contributed by atoms with E-state index in [1.54, 1.807) is 18.2 Å². The average molecular weight is 405 g/mol. The summed E-state index contributed by atoms with van der Waals surface area (Å²) in [6, 6.07) is 6.94. The summed E-state index contributed by atoms with van der Waals surface area (Å²) in [6.45, 7) is 2.35. The zero-order chi connectivity index (χ0) is 21.3. The topological polar surface area (TPSA) is 100 Å². The van der Waals surface area contributed by atoms with Gasteiger partial charge >= 0.3 is 12.2 Å². The minimum absolute atomic E-state index is 0.129. The third kappa shape index (κ3) is 3.89. The van der Waals surface area contributed by atoms with Gasteiger partial charge in [0, 0.05) is 22.7 Å². The zero-order valence-corrected chi connectivity index (χ0v) is 15.4. The van der Waals surface area contributed by atoms with E-state index in [4.69, 9.17) is 16.2 Å². The largest absolute Gasteiger partial charge is 0.494 e. The van der Waals surface area contributed by atoms with Gasteiger partial charge in [-0.05, 0) is 42.3 Å². The van der Waals surface area contributed by atoms with Crippen molar-refractivity contribution in [3.63, 3.8) is 0 Å². The maximum Gasteiger partial charge on any atom is 0.417 e. The Morgan fingerprint density at radius 3 is 2.38 bits per heavy atom. The number of benzene rings is 2. The molecular weight excluding hydrogens is 387 g/mol. The molecule has 2 aromatic carbocycles. The summed E-state index contributed by atoms with van der Waals surface area (Å²) in [5.74, 6) is -0.526. The molecule has 2 amide bonds. The number of alkyl halides is 3. The number of primary amides is 2. The highest BCUT2D eigenvalue weighted by atomic mass is 19.4. The van der Waals surface area contributed by atoms with Gasteiger partial charge in [0.1, 0.15) is 5.75 Å². The fourth-order valence-corrected chi connectivity index (χ4v) is 3.08. The van der Waals surface area contributed by atoms with Crippen LogP contribution < -0.4 is 16.2 Å². The Morgan fingerprint density at radius 1 is 1.07 bits per heavy atom. The number of hydrogen-bond acceptors (Lipinski definition) is 3. The Balaban J connectivity index is 2.31. The van der Waals surface area contributed by atoms with Gasteiger partial charge in [0.2, 0.25) is 5.91 Å². The Labute approximate surface area is 163 Å². The number of carbonyl (C=O) groups is 2. The first-order chi connectivity index (χ1) is 13.6. The van der Waals surface area contributed by atoms with Crippen molar-refractivity contribution >= 4 is 22.8 Å². The first kappa shape index (κ1) is 20.2. The van der Waals surface area contributed by atoms with Crippen molar-refractivity contribution in [3.05, 3.63) is 53.7 Å². The predicted octanol–water partition coefficient (Wildman–Crippen LogP) is 4.14. The lowest BCUT2D eigenvalue weighted by Crippen LogP contribution is -2.18. The molecule has 9 heteroatoms. The Bertz CT molecular complexity index is 1100. The molecule has 1 heterocycles. The highest BCUT2D eigenvalue weighted by Gasteiger charge is 2.35. The van der Waals surface area contributed by atoms with Crippen LogP contribution in [-0.4, -0.2) is 23.1 Å². The van der Waals surface area contributed by atoms with Crippen molar-refractivity contribution in [2.24, 2.45) is 11.5 Å². The molecule has 0 unspecified atom stereocenters. The molecule has 0 bridgehead atoms. The molecule has 3 aromatic rings. The zero-order valence-electron chi connectivity index (χ0n) is 15.4. The van der Waals surface area contributed by atoms with Crippen molar-refractivity contribution in [2.45, 2.75) is 19.5 Å². The summed E-state index contributed by atoms with van der Waals surface area (Å²) in [6.07, 6.45) is -2.76. The average Bonchev–Trinajstić information content (AvgIpc) is 3.04. The van der Waals surface area contributed by atoms with E-state index >= 15 is 0 Å². The summed E-state index contributed by atoms with van der Waals surface area (Å²) in [4.78, 5) is 23.2. The molecule has 0 atom stereocenters. The molecule has 4 N–H and O–H groups in total. The quantitative estimate of drug-likeness (QED) is 0.667. The molecule has 3 rings (SSSR count). The number of fused-ring (bicyclic) bond motifs is 1. The van der Waals surface area contributed by atoms with Crippen molar-refractivity contribution in [3.8, 4) is 16.9 Å². The highest BCUT2D eigenvalue weighted by Crippen LogP contribution is 2.41. The molecular formula is C20H18F3N3O3. The molecule has 1 aromatic heterocycles. The maximum absolute atomic E-state index is 13.7. The number of amides is 2. The maximum atomic E-state index is 13.7. The van der Waals surface area contributed by atoms with Gasteiger partial charge in [0.15, 0.2) is 0 Å². The highest BCUT2D eigenvalue weighted by molar-refractivity contribution is 6.03. The number of nitrogens with two attached hydrogens (primary N) is 2. The van der Waals surface area contributed by atoms with Gasteiger partial charge in [-0.3, -0.25) is 9.36 Å². The van der Waals surface area contributed by atoms with E-state index in [2.05, 4.69) is 0 Å². The smallest absolute Gasteiger partial charge is 0.417 e. The summed E-state index contributed by atoms with van der Waals surface area (Å²) in [5.41, 5.74) is 9.46. The van der Waals surface area contributed by atoms with Crippen LogP contribution in [0.1, 0.15) is 29.3 Å². The van der Waals surface area contributed by atoms with Gasteiger partial charge < -0.3 is 16.2 Å². The number of nitrogens with zero attached hydrogens (tertiary/aromatic N) is 1. The minimum atomic E-state index is -4.75. The van der Waals surface area contributed by atoms with Crippen molar-refractivity contribution < 1.29 is 27.5 Å². The summed E-state index contributed by atoms with van der Waals surface area (Å²) in [5, 5.41) is 0.356. The number of halogens is 3. The van der Waals surface area contributed by atoms with Crippen LogP contribution in [0.5, 0.6) is 5.75 Å². The van der Waals surface area contributed by atoms with E-state index < -0.39 is 23.7 Å². The lowest BCUT2D eigenvalue weighted by atomic mass is 9.96. The fourth-order valence-electron chi connectivity index (χ4n) is 3.08. The number of hydrogen-bond donors (Lipinski definition) is 2. The lowest BCUT2D eigenvalue weighted by Gasteiger charge is -2.14. The van der Waals surface area contributed by atoms with Gasteiger partial charge in [-0.1, -0.05) is 13.0 Å². The molecule has 0 radical (unpaired) electrons. The SMILES string of the molecule is CCCOc1ccc2c(c1)c(-c1ccc(C(N)=O)cc1C(F)(F)F)cn2C(N)=O. The molecule has 0 aliphatic rings. The van der Waals surface area contributed by atoms with Crippen molar-refractivity contribution in [1.82, 2.24) is 4.57 Å². The third-order valence-corrected chi connectivity index (χ3v) is 4.39. The summed E-state index contributed by atoms with van der Waals surface area (Å²) < 4.78 is 47.8. The molecule has 0 saturated carbocycles. The second-order valence-corrected chi connectivity index (χ2v) is 6.40. The van der Waals surface area contributed by atoms with Crippen LogP contribution in [0.4, 0.5) is 18.0 Å². The first-order valence-corrected chi connectivity index (χ1v) is 8.72. The van der Waals surface area contributed by atoms with E-state index in [-0.39, 0.29) is 16.7 Å². The van der Waals surface area contributed by atoms with Crippen LogP contribution in [0, 0.1) is 0 Å². The number of aromatic nitrogens is 1. The minimum Gasteiger partial charge on any atom is -0.494 e. The molecule has 0 aliphatic carbocycles. The van der Waals surface area contributed by atoms with Gasteiger partial charge in [-0.2, -0.15) is 13.2 Å². The van der Waals surface area contributed by atoms with E-state index in [0.717, 1.165) is 17.1 Å². The standard InChI is InChI=1S/C20H18F3N3O3/c1-2-7-29-12-4-6-17-14(9-12)15(10-26(17)19(25)28)13-5-3-11(18(24)27)8-16(13)20(21,22)23/h3-6,8-10H,2,7H2,1H3,(H2,24,27)(H2,25,28). The Kier molecular flexibility index (Phi) is 5.23. The Hall–Kier alpha value is -3.49. The number of carbonyl (C=O) groups excluding carboxylic acids is 2. The molecule has 152 valence electrons. The summed E-state index contributed by atoms with van der Waals surface area (Å²) >= 11 is 0. The lowest BCUT2D eigenvalue weighted by molar-refractivity contribution is -0.137. The van der Waals surface area contributed by atoms with Gasteiger partial charge in [-0.15, -0.1) is 0 Å². The van der Waals surface area contributed by atoms with Crippen LogP contribution in [0.15, 0.2) is 42.6 Å². The van der Waals surface area contributed by atoms with E-state index in [1.165, 1.54) is 12.3 Å². The van der Waals surface area contributed by atoms with Crippen LogP contribution in [-0.2, 0) is 6.18 Å². The van der Waals surface area contributed by atoms with Crippen molar-refractivity contribution in [2.75, 3.05) is 6.61 Å². The summed E-state index contributed by atoms with van der Waals surface area (Å²) in [7, 11) is 0. The van der Waals surface area contributed by atoms with Gasteiger partial charge in [0.05, 0.1) is 17.7 Å². The van der Waals surface area contributed by atoms with Crippen LogP contribution >= 0.6 is 0 Å². The predicted molar refractivity (Wildman–Crippen MR) is 102 cm³/mol. The van der Waals surface area contributed by atoms with Crippen molar-refractivity contribution in [1.29, 1.82) is 0 Å². The van der Waals surface area contributed by atoms with Crippen LogP contribution in [0.25, 0.3) is 22.0 Å². The van der Waals surface area contributed by atoms with E-state index in [1.807, 2.05) is 6.92 Å². The monoisotopic (exact) mass is 405 g/mol. The fraction of sp³-hybridized carbons (Fsp3) is 0.200. The van der Waals surface area contributed by atoms with Crippen LogP contribution in [0.2, 0.25) is 0 Å². The van der Waals surface area contributed by atoms with Gasteiger partial charge in [-0.25, -0.2) is 4.79 Å². The molecule has 29 heavy (non-hydrogen) atoms. The molecule has 0 aliphatic heterocycles.